The van der Waals surface area contributed by atoms with Crippen LogP contribution in [0.2, 0.25) is 0 Å². The van der Waals surface area contributed by atoms with E-state index in [2.05, 4.69) is 4.90 Å². The molecule has 6 nitrogen and oxygen atoms in total. The number of nitrogens with zero attached hydrogens (tertiary/aromatic N) is 3. The first-order valence-electron chi connectivity index (χ1n) is 12.0. The highest BCUT2D eigenvalue weighted by Gasteiger charge is 2.21. The van der Waals surface area contributed by atoms with Crippen LogP contribution < -0.4 is 11.2 Å². The van der Waals surface area contributed by atoms with Gasteiger partial charge in [-0.15, -0.1) is 11.3 Å². The molecule has 5 rings (SSSR count). The van der Waals surface area contributed by atoms with Crippen molar-refractivity contribution in [2.45, 2.75) is 26.3 Å². The van der Waals surface area contributed by atoms with Gasteiger partial charge >= 0.3 is 5.69 Å². The fourth-order valence-electron chi connectivity index (χ4n) is 4.93. The Hall–Kier alpha value is -3.69. The van der Waals surface area contributed by atoms with E-state index >= 15 is 0 Å². The smallest absolute Gasteiger partial charge is 0.301 e. The highest BCUT2D eigenvalue weighted by Crippen LogP contribution is 2.32. The van der Waals surface area contributed by atoms with E-state index < -0.39 is 11.6 Å². The molecule has 0 unspecified atom stereocenters. The summed E-state index contributed by atoms with van der Waals surface area (Å²) in [6.45, 7) is 3.39. The Morgan fingerprint density at radius 3 is 1.97 bits per heavy atom. The van der Waals surface area contributed by atoms with E-state index in [1.807, 2.05) is 0 Å². The van der Waals surface area contributed by atoms with Crippen LogP contribution in [0.1, 0.15) is 35.7 Å². The Labute approximate surface area is 215 Å². The average molecular weight is 522 g/mol. The molecule has 1 aliphatic rings. The Bertz CT molecular complexity index is 1560. The molecule has 0 saturated carbocycles. The van der Waals surface area contributed by atoms with Crippen LogP contribution in [-0.4, -0.2) is 39.6 Å². The Morgan fingerprint density at radius 1 is 0.865 bits per heavy atom. The van der Waals surface area contributed by atoms with Crippen molar-refractivity contribution in [1.29, 1.82) is 0 Å². The number of hydrogen-bond donors (Lipinski definition) is 0. The number of benzene rings is 2. The number of carbonyl (C=O) groups is 1. The number of hydrogen-bond acceptors (Lipinski definition) is 5. The first kappa shape index (κ1) is 25.0. The number of carbonyl (C=O) groups excluding carboxylic acids is 1. The van der Waals surface area contributed by atoms with E-state index in [1.54, 1.807) is 35.0 Å². The molecule has 37 heavy (non-hydrogen) atoms. The summed E-state index contributed by atoms with van der Waals surface area (Å²) in [5.41, 5.74) is 3.26. The zero-order valence-electron chi connectivity index (χ0n) is 20.2. The van der Waals surface area contributed by atoms with Gasteiger partial charge in [0.15, 0.2) is 0 Å². The number of piperidine rings is 1. The van der Waals surface area contributed by atoms with Crippen molar-refractivity contribution in [3.63, 3.8) is 0 Å². The lowest BCUT2D eigenvalue weighted by atomic mass is 9.88. The number of fused-ring (bicyclic) bond motifs is 1. The van der Waals surface area contributed by atoms with Crippen molar-refractivity contribution in [3.8, 4) is 0 Å². The van der Waals surface area contributed by atoms with Gasteiger partial charge in [-0.05, 0) is 53.8 Å². The van der Waals surface area contributed by atoms with E-state index in [0.717, 1.165) is 38.7 Å². The molecule has 1 aliphatic heterocycles. The van der Waals surface area contributed by atoms with Gasteiger partial charge in [0.1, 0.15) is 11.6 Å². The average Bonchev–Trinajstić information content (AvgIpc) is 3.37. The summed E-state index contributed by atoms with van der Waals surface area (Å²) in [5.74, 6) is -1.06. The minimum absolute atomic E-state index is 0.179. The molecule has 4 aromatic rings. The quantitative estimate of drug-likeness (QED) is 0.380. The molecule has 2 aromatic carbocycles. The normalized spacial score (nSPS) is 14.3. The van der Waals surface area contributed by atoms with Crippen LogP contribution in [0, 0.1) is 11.6 Å². The van der Waals surface area contributed by atoms with Crippen LogP contribution in [0.5, 0.6) is 0 Å². The van der Waals surface area contributed by atoms with Crippen molar-refractivity contribution in [2.24, 2.45) is 0 Å². The molecule has 9 heteroatoms. The summed E-state index contributed by atoms with van der Waals surface area (Å²) >= 11 is 1.28. The van der Waals surface area contributed by atoms with Crippen LogP contribution in [0.15, 0.2) is 74.5 Å². The van der Waals surface area contributed by atoms with Crippen LogP contribution in [-0.2, 0) is 6.54 Å². The zero-order chi connectivity index (χ0) is 26.1. The zero-order valence-corrected chi connectivity index (χ0v) is 21.1. The Morgan fingerprint density at radius 2 is 1.43 bits per heavy atom. The second-order valence-corrected chi connectivity index (χ2v) is 9.84. The van der Waals surface area contributed by atoms with Gasteiger partial charge in [0.05, 0.1) is 10.9 Å². The lowest BCUT2D eigenvalue weighted by molar-refractivity contribution is 0.0934. The molecule has 0 radical (unpaired) electrons. The van der Waals surface area contributed by atoms with Crippen molar-refractivity contribution in [2.75, 3.05) is 19.6 Å². The summed E-state index contributed by atoms with van der Waals surface area (Å²) in [6.07, 6.45) is 1.47. The van der Waals surface area contributed by atoms with Gasteiger partial charge < -0.3 is 4.90 Å². The van der Waals surface area contributed by atoms with Gasteiger partial charge in [0.25, 0.3) is 5.56 Å². The third-order valence-electron chi connectivity index (χ3n) is 6.81. The standard InChI is InChI=1S/C28H25F2N3O3S/c1-18(34)33-25-17-37-16-24(25)27(35)32(28(33)36)15-14-31-12-10-21(11-13-31)26(19-2-6-22(29)7-3-19)20-4-8-23(30)9-5-20/h2-9,16-17H,10-15H2,1H3. The van der Waals surface area contributed by atoms with Crippen LogP contribution >= 0.6 is 11.3 Å². The summed E-state index contributed by atoms with van der Waals surface area (Å²) in [5, 5.41) is 3.67. The Kier molecular flexibility index (Phi) is 6.99. The van der Waals surface area contributed by atoms with Crippen molar-refractivity contribution < 1.29 is 13.6 Å². The number of aromatic nitrogens is 2. The van der Waals surface area contributed by atoms with Gasteiger partial charge in [-0.25, -0.2) is 18.1 Å². The van der Waals surface area contributed by atoms with Crippen LogP contribution in [0.3, 0.4) is 0 Å². The van der Waals surface area contributed by atoms with E-state index in [0.29, 0.717) is 30.5 Å². The van der Waals surface area contributed by atoms with Gasteiger partial charge in [0, 0.05) is 43.9 Å². The largest absolute Gasteiger partial charge is 0.338 e. The van der Waals surface area contributed by atoms with E-state index in [1.165, 1.54) is 48.1 Å². The first-order chi connectivity index (χ1) is 17.8. The lowest BCUT2D eigenvalue weighted by Gasteiger charge is -2.30. The van der Waals surface area contributed by atoms with Gasteiger partial charge in [-0.1, -0.05) is 29.8 Å². The third kappa shape index (κ3) is 4.97. The number of halogens is 2. The van der Waals surface area contributed by atoms with Crippen molar-refractivity contribution in [1.82, 2.24) is 14.0 Å². The number of thiophene rings is 1. The molecule has 3 heterocycles. The molecule has 190 valence electrons. The van der Waals surface area contributed by atoms with Crippen molar-refractivity contribution in [3.05, 3.63) is 108 Å². The van der Waals surface area contributed by atoms with Crippen LogP contribution in [0.4, 0.5) is 8.78 Å². The molecule has 0 amide bonds. The molecule has 2 aromatic heterocycles. The number of rotatable bonds is 5. The molecule has 0 atom stereocenters. The highest BCUT2D eigenvalue weighted by atomic mass is 32.1. The minimum Gasteiger partial charge on any atom is -0.301 e. The van der Waals surface area contributed by atoms with E-state index in [9.17, 15) is 23.2 Å². The molecular formula is C28H25F2N3O3S. The van der Waals surface area contributed by atoms with Crippen LogP contribution in [0.25, 0.3) is 16.5 Å². The van der Waals surface area contributed by atoms with Gasteiger partial charge in [-0.3, -0.25) is 14.2 Å². The van der Waals surface area contributed by atoms with Gasteiger partial charge in [0.2, 0.25) is 5.91 Å². The molecule has 1 saturated heterocycles. The minimum atomic E-state index is -0.615. The molecule has 0 spiro atoms. The maximum atomic E-state index is 13.6. The Balaban J connectivity index is 1.38. The summed E-state index contributed by atoms with van der Waals surface area (Å²) < 4.78 is 29.4. The maximum Gasteiger partial charge on any atom is 0.338 e. The summed E-state index contributed by atoms with van der Waals surface area (Å²) in [7, 11) is 0. The maximum absolute atomic E-state index is 13.6. The van der Waals surface area contributed by atoms with Crippen molar-refractivity contribution >= 4 is 33.7 Å². The number of likely N-dealkylation sites (tertiary alicyclic amines) is 1. The van der Waals surface area contributed by atoms with E-state index in [-0.39, 0.29) is 23.7 Å². The fraction of sp³-hybridized carbons (Fsp3) is 0.250. The predicted molar refractivity (Wildman–Crippen MR) is 141 cm³/mol. The molecule has 1 fully saturated rings. The first-order valence-corrected chi connectivity index (χ1v) is 13.0. The molecular weight excluding hydrogens is 496 g/mol. The predicted octanol–water partition coefficient (Wildman–Crippen LogP) is 4.76. The molecule has 0 bridgehead atoms. The SMILES string of the molecule is CC(=O)n1c(=O)n(CCN2CCC(=C(c3ccc(F)cc3)c3ccc(F)cc3)CC2)c(=O)c2cscc21. The lowest BCUT2D eigenvalue weighted by Crippen LogP contribution is -2.44. The molecule has 0 aliphatic carbocycles. The third-order valence-corrected chi connectivity index (χ3v) is 7.54. The summed E-state index contributed by atoms with van der Waals surface area (Å²) in [4.78, 5) is 40.2. The highest BCUT2D eigenvalue weighted by molar-refractivity contribution is 7.09. The second-order valence-electron chi connectivity index (χ2n) is 9.10. The van der Waals surface area contributed by atoms with E-state index in [4.69, 9.17) is 0 Å². The second kappa shape index (κ2) is 10.4. The monoisotopic (exact) mass is 521 g/mol. The van der Waals surface area contributed by atoms with Gasteiger partial charge in [-0.2, -0.15) is 0 Å². The molecule has 0 N–H and O–H groups in total. The fourth-order valence-corrected chi connectivity index (χ4v) is 5.71. The summed E-state index contributed by atoms with van der Waals surface area (Å²) in [6, 6.07) is 12.6. The topological polar surface area (TPSA) is 64.3 Å².